The SMILES string of the molecule is CN(C)CCOc1cc(F)cc(-n2nc(C(C)(C)C)cc2NC(=O)N[C@H]2CC[C@@H](Oc3ccc(=N)n(C(=N)N4CCCCC4)c3)c3ccccc32)c1. The smallest absolute Gasteiger partial charge is 0.320 e. The van der Waals surface area contributed by atoms with E-state index in [1.165, 1.54) is 12.1 Å². The van der Waals surface area contributed by atoms with Crippen molar-refractivity contribution in [2.75, 3.05) is 45.7 Å². The summed E-state index contributed by atoms with van der Waals surface area (Å²) in [6, 6.07) is 16.9. The summed E-state index contributed by atoms with van der Waals surface area (Å²) >= 11 is 0. The average Bonchev–Trinajstić information content (AvgIpc) is 3.54. The third-order valence-corrected chi connectivity index (χ3v) is 9.45. The Morgan fingerprint density at radius 1 is 1.00 bits per heavy atom. The fourth-order valence-corrected chi connectivity index (χ4v) is 6.62. The first-order chi connectivity index (χ1) is 24.9. The van der Waals surface area contributed by atoms with E-state index >= 15 is 0 Å². The maximum Gasteiger partial charge on any atom is 0.320 e. The number of halogens is 1. The molecule has 1 saturated heterocycles. The Morgan fingerprint density at radius 3 is 2.48 bits per heavy atom. The zero-order valence-corrected chi connectivity index (χ0v) is 30.7. The molecule has 1 aliphatic heterocycles. The number of benzene rings is 2. The number of likely N-dealkylation sites (tertiary alicyclic amines) is 1. The molecule has 4 N–H and O–H groups in total. The van der Waals surface area contributed by atoms with Crippen molar-refractivity contribution >= 4 is 17.8 Å². The summed E-state index contributed by atoms with van der Waals surface area (Å²) in [5.41, 5.74) is 2.98. The molecule has 2 amide bonds. The van der Waals surface area contributed by atoms with E-state index in [-0.39, 0.29) is 29.0 Å². The molecular weight excluding hydrogens is 661 g/mol. The largest absolute Gasteiger partial charge is 0.492 e. The number of hydrogen-bond acceptors (Lipinski definition) is 7. The highest BCUT2D eigenvalue weighted by Crippen LogP contribution is 2.39. The van der Waals surface area contributed by atoms with Crippen molar-refractivity contribution in [2.24, 2.45) is 0 Å². The number of hydrogen-bond donors (Lipinski definition) is 4. The molecule has 52 heavy (non-hydrogen) atoms. The van der Waals surface area contributed by atoms with E-state index < -0.39 is 11.8 Å². The molecule has 2 atom stereocenters. The first-order valence-corrected chi connectivity index (χ1v) is 18.0. The lowest BCUT2D eigenvalue weighted by Gasteiger charge is -2.33. The van der Waals surface area contributed by atoms with Gasteiger partial charge in [0, 0.05) is 43.2 Å². The lowest BCUT2D eigenvalue weighted by atomic mass is 9.85. The van der Waals surface area contributed by atoms with E-state index in [0.717, 1.165) is 49.2 Å². The fraction of sp³-hybridized carbons (Fsp3) is 0.436. The van der Waals surface area contributed by atoms with Crippen LogP contribution < -0.4 is 25.6 Å². The van der Waals surface area contributed by atoms with Crippen LogP contribution in [0.1, 0.15) is 81.8 Å². The Balaban J connectivity index is 1.18. The molecule has 6 rings (SSSR count). The van der Waals surface area contributed by atoms with Gasteiger partial charge in [-0.25, -0.2) is 13.9 Å². The molecule has 2 aliphatic rings. The van der Waals surface area contributed by atoms with Gasteiger partial charge < -0.3 is 24.6 Å². The number of fused-ring (bicyclic) bond motifs is 1. The zero-order chi connectivity index (χ0) is 37.0. The molecule has 1 aliphatic carbocycles. The van der Waals surface area contributed by atoms with Gasteiger partial charge in [0.2, 0.25) is 5.96 Å². The maximum absolute atomic E-state index is 14.8. The quantitative estimate of drug-likeness (QED) is 0.115. The molecule has 3 heterocycles. The van der Waals surface area contributed by atoms with Crippen molar-refractivity contribution in [1.29, 1.82) is 10.8 Å². The summed E-state index contributed by atoms with van der Waals surface area (Å²) in [5, 5.41) is 28.1. The predicted molar refractivity (Wildman–Crippen MR) is 199 cm³/mol. The number of carbonyl (C=O) groups excluding carboxylic acids is 1. The summed E-state index contributed by atoms with van der Waals surface area (Å²) in [6.07, 6.45) is 5.97. The van der Waals surface area contributed by atoms with Crippen LogP contribution in [0.25, 0.3) is 5.69 Å². The molecule has 2 aromatic carbocycles. The second kappa shape index (κ2) is 15.6. The molecule has 4 aromatic rings. The lowest BCUT2D eigenvalue weighted by Crippen LogP contribution is -2.42. The van der Waals surface area contributed by atoms with Crippen molar-refractivity contribution in [1.82, 2.24) is 29.5 Å². The zero-order valence-electron chi connectivity index (χ0n) is 30.7. The molecule has 276 valence electrons. The number of ether oxygens (including phenoxy) is 2. The Labute approximate surface area is 304 Å². The molecule has 0 bridgehead atoms. The predicted octanol–water partition coefficient (Wildman–Crippen LogP) is 6.58. The summed E-state index contributed by atoms with van der Waals surface area (Å²) in [5.74, 6) is 1.17. The van der Waals surface area contributed by atoms with Gasteiger partial charge in [-0.3, -0.25) is 20.7 Å². The van der Waals surface area contributed by atoms with Gasteiger partial charge in [0.1, 0.15) is 41.3 Å². The number of aromatic nitrogens is 3. The Kier molecular flexibility index (Phi) is 11.0. The van der Waals surface area contributed by atoms with E-state index in [2.05, 4.69) is 10.6 Å². The van der Waals surface area contributed by atoms with Crippen LogP contribution in [0.3, 0.4) is 0 Å². The summed E-state index contributed by atoms with van der Waals surface area (Å²) in [4.78, 5) is 17.7. The Morgan fingerprint density at radius 2 is 1.75 bits per heavy atom. The fourth-order valence-electron chi connectivity index (χ4n) is 6.62. The molecular formula is C39H50FN9O3. The topological polar surface area (TPSA) is 137 Å². The van der Waals surface area contributed by atoms with Crippen molar-refractivity contribution < 1.29 is 18.7 Å². The third kappa shape index (κ3) is 8.64. The summed E-state index contributed by atoms with van der Waals surface area (Å²) < 4.78 is 30.3. The average molecular weight is 712 g/mol. The van der Waals surface area contributed by atoms with Crippen molar-refractivity contribution in [2.45, 2.75) is 70.4 Å². The van der Waals surface area contributed by atoms with Crippen LogP contribution in [0.5, 0.6) is 11.5 Å². The molecule has 1 fully saturated rings. The van der Waals surface area contributed by atoms with Gasteiger partial charge in [-0.05, 0) is 75.5 Å². The van der Waals surface area contributed by atoms with Crippen LogP contribution in [-0.2, 0) is 5.41 Å². The van der Waals surface area contributed by atoms with E-state index in [9.17, 15) is 9.18 Å². The molecule has 2 aromatic heterocycles. The minimum atomic E-state index is -0.470. The molecule has 12 nitrogen and oxygen atoms in total. The number of likely N-dealkylation sites (N-methyl/N-ethyl adjacent to an activating group) is 1. The molecule has 0 saturated carbocycles. The maximum atomic E-state index is 14.8. The second-order valence-electron chi connectivity index (χ2n) is 14.8. The number of pyridine rings is 1. The van der Waals surface area contributed by atoms with Crippen molar-refractivity contribution in [3.63, 3.8) is 0 Å². The van der Waals surface area contributed by atoms with Crippen molar-refractivity contribution in [3.05, 3.63) is 95.0 Å². The first kappa shape index (κ1) is 36.6. The Hall–Kier alpha value is -5.17. The van der Waals surface area contributed by atoms with Crippen LogP contribution in [0.2, 0.25) is 0 Å². The van der Waals surface area contributed by atoms with Gasteiger partial charge in [0.25, 0.3) is 0 Å². The number of amides is 2. The van der Waals surface area contributed by atoms with Gasteiger partial charge in [-0.1, -0.05) is 45.0 Å². The van der Waals surface area contributed by atoms with Crippen molar-refractivity contribution in [3.8, 4) is 17.2 Å². The highest BCUT2D eigenvalue weighted by Gasteiger charge is 2.30. The van der Waals surface area contributed by atoms with Gasteiger partial charge in [0.15, 0.2) is 0 Å². The van der Waals surface area contributed by atoms with Crippen LogP contribution in [0.4, 0.5) is 15.0 Å². The second-order valence-corrected chi connectivity index (χ2v) is 14.8. The number of nitrogens with one attached hydrogen (secondary N) is 4. The lowest BCUT2D eigenvalue weighted by molar-refractivity contribution is 0.171. The van der Waals surface area contributed by atoms with Gasteiger partial charge in [-0.15, -0.1) is 0 Å². The molecule has 0 unspecified atom stereocenters. The summed E-state index contributed by atoms with van der Waals surface area (Å²) in [7, 11) is 3.88. The minimum absolute atomic E-state index is 0.226. The number of rotatable bonds is 9. The van der Waals surface area contributed by atoms with E-state index in [1.54, 1.807) is 33.6 Å². The normalized spacial score (nSPS) is 17.4. The molecule has 0 spiro atoms. The highest BCUT2D eigenvalue weighted by atomic mass is 19.1. The van der Waals surface area contributed by atoms with E-state index in [4.69, 9.17) is 25.4 Å². The van der Waals surface area contributed by atoms with E-state index in [0.29, 0.717) is 49.0 Å². The van der Waals surface area contributed by atoms with Gasteiger partial charge in [0.05, 0.1) is 23.6 Å². The first-order valence-electron chi connectivity index (χ1n) is 18.0. The monoisotopic (exact) mass is 711 g/mol. The van der Waals surface area contributed by atoms with Gasteiger partial charge >= 0.3 is 6.03 Å². The summed E-state index contributed by atoms with van der Waals surface area (Å²) in [6.45, 7) is 8.78. The standard InChI is InChI=1S/C39H50FN9O3/c1-39(2,3)34-24-36(49(45-34)27-21-26(40)22-29(23-27)51-20-19-46(4)5)44-38(50)43-32-14-15-33(31-12-8-7-11-30(31)32)52-28-13-16-35(41)48(25-28)37(42)47-17-9-6-10-18-47/h7-8,11-13,16,21-25,32-33,41-42H,6,9-10,14-15,17-20H2,1-5H3,(H2,43,44,50)/t32-,33+/m0/s1. The number of nitrogens with zero attached hydrogens (tertiary/aromatic N) is 5. The third-order valence-electron chi connectivity index (χ3n) is 9.45. The van der Waals surface area contributed by atoms with Crippen LogP contribution >= 0.6 is 0 Å². The van der Waals surface area contributed by atoms with Gasteiger partial charge in [-0.2, -0.15) is 5.10 Å². The number of urea groups is 1. The highest BCUT2D eigenvalue weighted by molar-refractivity contribution is 5.89. The van der Waals surface area contributed by atoms with E-state index in [1.807, 2.05) is 75.0 Å². The number of piperidine rings is 1. The number of anilines is 1. The molecule has 13 heteroatoms. The van der Waals surface area contributed by atoms with Crippen LogP contribution in [0.15, 0.2) is 66.9 Å². The minimum Gasteiger partial charge on any atom is -0.492 e. The Bertz CT molecular complexity index is 1960. The molecule has 0 radical (unpaired) electrons. The van der Waals surface area contributed by atoms with Crippen LogP contribution in [0, 0.1) is 16.6 Å². The van der Waals surface area contributed by atoms with Crippen LogP contribution in [-0.4, -0.2) is 76.5 Å². The number of carbonyl (C=O) groups is 1.